The Kier molecular flexibility index (Phi) is 5.57. The molecular formula is C23H27N7O3. The van der Waals surface area contributed by atoms with E-state index in [0.717, 1.165) is 54.2 Å². The van der Waals surface area contributed by atoms with Crippen molar-refractivity contribution in [2.45, 2.75) is 45.6 Å². The molecule has 33 heavy (non-hydrogen) atoms. The molecule has 4 aromatic rings. The maximum absolute atomic E-state index is 6.34. The normalized spacial score (nSPS) is 14.9. The van der Waals surface area contributed by atoms with Crippen LogP contribution in [0.4, 0.5) is 6.01 Å². The molecule has 1 aliphatic heterocycles. The van der Waals surface area contributed by atoms with Crippen LogP contribution in [0.15, 0.2) is 35.1 Å². The van der Waals surface area contributed by atoms with E-state index in [-0.39, 0.29) is 12.0 Å². The van der Waals surface area contributed by atoms with E-state index in [0.29, 0.717) is 17.8 Å². The highest BCUT2D eigenvalue weighted by Gasteiger charge is 2.25. The van der Waals surface area contributed by atoms with Gasteiger partial charge in [-0.15, -0.1) is 0 Å². The lowest BCUT2D eigenvalue weighted by Gasteiger charge is -2.30. The first-order valence-corrected chi connectivity index (χ1v) is 11.1. The van der Waals surface area contributed by atoms with E-state index < -0.39 is 0 Å². The minimum absolute atomic E-state index is 0.0661. The van der Waals surface area contributed by atoms with Crippen LogP contribution in [0.5, 0.6) is 11.8 Å². The number of aromatic nitrogens is 6. The summed E-state index contributed by atoms with van der Waals surface area (Å²) in [5.41, 5.74) is 3.45. The van der Waals surface area contributed by atoms with Crippen LogP contribution >= 0.6 is 0 Å². The molecule has 0 atom stereocenters. The number of hydrogen-bond donors (Lipinski definition) is 0. The fraction of sp³-hybridized carbons (Fsp3) is 0.435. The van der Waals surface area contributed by atoms with E-state index >= 15 is 0 Å². The molecule has 10 heteroatoms. The van der Waals surface area contributed by atoms with Crippen LogP contribution in [0.25, 0.3) is 16.8 Å². The number of piperidine rings is 1. The Morgan fingerprint density at radius 2 is 1.91 bits per heavy atom. The number of methoxy groups -OCH3 is 1. The van der Waals surface area contributed by atoms with Crippen LogP contribution < -0.4 is 14.4 Å². The Morgan fingerprint density at radius 1 is 1.09 bits per heavy atom. The van der Waals surface area contributed by atoms with Crippen LogP contribution in [0.3, 0.4) is 0 Å². The third kappa shape index (κ3) is 4.08. The molecule has 0 radical (unpaired) electrons. The predicted octanol–water partition coefficient (Wildman–Crippen LogP) is 3.66. The van der Waals surface area contributed by atoms with Gasteiger partial charge in [0.1, 0.15) is 6.10 Å². The molecule has 0 saturated carbocycles. The Labute approximate surface area is 191 Å². The topological polar surface area (TPSA) is 104 Å². The van der Waals surface area contributed by atoms with Gasteiger partial charge in [-0.2, -0.15) is 14.6 Å². The molecule has 0 amide bonds. The fourth-order valence-electron chi connectivity index (χ4n) is 4.01. The van der Waals surface area contributed by atoms with E-state index in [1.54, 1.807) is 24.0 Å². The molecule has 1 fully saturated rings. The lowest BCUT2D eigenvalue weighted by Crippen LogP contribution is -2.38. The summed E-state index contributed by atoms with van der Waals surface area (Å²) >= 11 is 0. The van der Waals surface area contributed by atoms with Crippen LogP contribution in [-0.2, 0) is 0 Å². The third-order valence-corrected chi connectivity index (χ3v) is 5.87. The zero-order chi connectivity index (χ0) is 22.9. The van der Waals surface area contributed by atoms with Crippen molar-refractivity contribution in [3.63, 3.8) is 0 Å². The molecule has 5 heterocycles. The van der Waals surface area contributed by atoms with Gasteiger partial charge in [0, 0.05) is 67.0 Å². The fourth-order valence-corrected chi connectivity index (χ4v) is 4.01. The number of hydrogen-bond acceptors (Lipinski definition) is 9. The maximum atomic E-state index is 6.34. The van der Waals surface area contributed by atoms with Gasteiger partial charge in [0.25, 0.3) is 0 Å². The van der Waals surface area contributed by atoms with Gasteiger partial charge in [-0.25, -0.2) is 9.97 Å². The second-order valence-corrected chi connectivity index (χ2v) is 8.46. The third-order valence-electron chi connectivity index (χ3n) is 5.87. The molecule has 0 N–H and O–H groups in total. The number of anilines is 1. The summed E-state index contributed by atoms with van der Waals surface area (Å²) in [6.45, 7) is 7.64. The molecule has 5 rings (SSSR count). The molecule has 1 saturated heterocycles. The van der Waals surface area contributed by atoms with Gasteiger partial charge in [-0.05, 0) is 13.0 Å². The predicted molar refractivity (Wildman–Crippen MR) is 122 cm³/mol. The first-order chi connectivity index (χ1) is 16.0. The summed E-state index contributed by atoms with van der Waals surface area (Å²) in [5.74, 6) is 2.23. The van der Waals surface area contributed by atoms with Gasteiger partial charge in [0.05, 0.1) is 13.3 Å². The summed E-state index contributed by atoms with van der Waals surface area (Å²) in [6.07, 6.45) is 5.31. The van der Waals surface area contributed by atoms with Crippen LogP contribution in [0.1, 0.15) is 44.1 Å². The summed E-state index contributed by atoms with van der Waals surface area (Å²) in [4.78, 5) is 15.6. The molecule has 172 valence electrons. The molecular weight excluding hydrogens is 422 g/mol. The number of pyridine rings is 1. The van der Waals surface area contributed by atoms with Gasteiger partial charge in [-0.1, -0.05) is 19.0 Å². The average Bonchev–Trinajstić information content (AvgIpc) is 3.48. The first-order valence-electron chi connectivity index (χ1n) is 11.1. The number of nitrogens with zero attached hydrogens (tertiary/aromatic N) is 7. The van der Waals surface area contributed by atoms with Crippen molar-refractivity contribution in [1.82, 2.24) is 29.7 Å². The SMILES string of the molecule is COc1ccc(-c2cnn3c(OC4CCN(c5nc(C(C)C)no5)CC4)ccnc23)c(C)n1. The van der Waals surface area contributed by atoms with Crippen molar-refractivity contribution in [3.8, 4) is 22.9 Å². The molecule has 1 aliphatic rings. The van der Waals surface area contributed by atoms with E-state index in [1.807, 2.05) is 25.1 Å². The van der Waals surface area contributed by atoms with Crippen LogP contribution in [-0.4, -0.2) is 56.0 Å². The monoisotopic (exact) mass is 449 g/mol. The maximum Gasteiger partial charge on any atom is 0.324 e. The van der Waals surface area contributed by atoms with E-state index in [2.05, 4.69) is 44.0 Å². The van der Waals surface area contributed by atoms with Crippen molar-refractivity contribution in [2.75, 3.05) is 25.1 Å². The standard InChI is InChI=1S/C23H27N7O3/c1-14(2)21-27-23(33-28-21)29-11-8-16(9-12-29)32-20-7-10-24-22-18(13-25-30(20)22)17-5-6-19(31-4)26-15(17)3/h5-7,10,13-14,16H,8-9,11-12H2,1-4H3. The number of ether oxygens (including phenoxy) is 2. The number of fused-ring (bicyclic) bond motifs is 1. The number of aryl methyl sites for hydroxylation is 1. The quantitative estimate of drug-likeness (QED) is 0.436. The first kappa shape index (κ1) is 21.2. The molecule has 0 aromatic carbocycles. The summed E-state index contributed by atoms with van der Waals surface area (Å²) in [6, 6.07) is 6.25. The lowest BCUT2D eigenvalue weighted by molar-refractivity contribution is 0.158. The molecule has 0 aliphatic carbocycles. The van der Waals surface area contributed by atoms with Crippen molar-refractivity contribution < 1.29 is 14.0 Å². The lowest BCUT2D eigenvalue weighted by atomic mass is 10.1. The van der Waals surface area contributed by atoms with E-state index in [9.17, 15) is 0 Å². The minimum atomic E-state index is 0.0661. The van der Waals surface area contributed by atoms with Gasteiger partial charge >= 0.3 is 6.01 Å². The molecule has 0 spiro atoms. The Morgan fingerprint density at radius 3 is 2.61 bits per heavy atom. The van der Waals surface area contributed by atoms with Crippen LogP contribution in [0, 0.1) is 6.92 Å². The van der Waals surface area contributed by atoms with Crippen molar-refractivity contribution >= 4 is 11.7 Å². The van der Waals surface area contributed by atoms with Crippen molar-refractivity contribution in [2.24, 2.45) is 0 Å². The highest BCUT2D eigenvalue weighted by atomic mass is 16.5. The van der Waals surface area contributed by atoms with Gasteiger partial charge in [-0.3, -0.25) is 0 Å². The number of rotatable bonds is 6. The average molecular weight is 450 g/mol. The summed E-state index contributed by atoms with van der Waals surface area (Å²) in [7, 11) is 1.61. The highest BCUT2D eigenvalue weighted by Crippen LogP contribution is 2.30. The van der Waals surface area contributed by atoms with Gasteiger partial charge in [0.2, 0.25) is 11.8 Å². The minimum Gasteiger partial charge on any atom is -0.481 e. The highest BCUT2D eigenvalue weighted by molar-refractivity contribution is 5.78. The smallest absolute Gasteiger partial charge is 0.324 e. The molecule has 4 aromatic heterocycles. The Bertz CT molecular complexity index is 1260. The van der Waals surface area contributed by atoms with Crippen LogP contribution in [0.2, 0.25) is 0 Å². The zero-order valence-electron chi connectivity index (χ0n) is 19.2. The molecule has 10 nitrogen and oxygen atoms in total. The Hall–Kier alpha value is -3.69. The van der Waals surface area contributed by atoms with Gasteiger partial charge < -0.3 is 18.9 Å². The van der Waals surface area contributed by atoms with Gasteiger partial charge in [0.15, 0.2) is 11.5 Å². The van der Waals surface area contributed by atoms with E-state index in [1.165, 1.54) is 0 Å². The second kappa shape index (κ2) is 8.68. The second-order valence-electron chi connectivity index (χ2n) is 8.46. The summed E-state index contributed by atoms with van der Waals surface area (Å²) in [5, 5.41) is 8.62. The van der Waals surface area contributed by atoms with Crippen molar-refractivity contribution in [3.05, 3.63) is 42.1 Å². The Balaban J connectivity index is 1.31. The summed E-state index contributed by atoms with van der Waals surface area (Å²) < 4.78 is 18.7. The van der Waals surface area contributed by atoms with E-state index in [4.69, 9.17) is 14.0 Å². The molecule has 0 unspecified atom stereocenters. The zero-order valence-corrected chi connectivity index (χ0v) is 19.2. The molecule has 0 bridgehead atoms. The van der Waals surface area contributed by atoms with Crippen molar-refractivity contribution in [1.29, 1.82) is 0 Å². The largest absolute Gasteiger partial charge is 0.481 e.